The molecule has 0 radical (unpaired) electrons. The van der Waals surface area contributed by atoms with Gasteiger partial charge in [0.2, 0.25) is 0 Å². The number of halogens is 2. The van der Waals surface area contributed by atoms with Gasteiger partial charge in [-0.3, -0.25) is 0 Å². The van der Waals surface area contributed by atoms with Crippen molar-refractivity contribution in [2.24, 2.45) is 10.8 Å². The molecule has 0 aliphatic carbocycles. The maximum Gasteiger partial charge on any atom is 0.114 e. The van der Waals surface area contributed by atoms with Gasteiger partial charge in [0.05, 0.1) is 357 Å². The summed E-state index contributed by atoms with van der Waals surface area (Å²) in [5.74, 6) is 0. The second kappa shape index (κ2) is 78.5. The number of alkyl halides is 2. The predicted molar refractivity (Wildman–Crippen MR) is 534 cm³/mol. The van der Waals surface area contributed by atoms with Crippen LogP contribution in [0.1, 0.15) is 65.2 Å². The average Bonchev–Trinajstić information content (AvgIpc) is 1.62. The Hall–Kier alpha value is -0.840. The van der Waals surface area contributed by atoms with Crippen molar-refractivity contribution in [2.75, 3.05) is 434 Å². The Kier molecular flexibility index (Phi) is 66.7. The largest absolute Gasteiger partial charge is 0.388 e. The Morgan fingerprint density at radius 1 is 0.201 bits per heavy atom. The van der Waals surface area contributed by atoms with Crippen molar-refractivity contribution in [3.05, 3.63) is 0 Å². The van der Waals surface area contributed by atoms with Crippen LogP contribution in [0.15, 0.2) is 0 Å². The third-order valence-electron chi connectivity index (χ3n) is 23.6. The average molecular weight is 2290 g/mol. The van der Waals surface area contributed by atoms with Crippen LogP contribution in [0.2, 0.25) is 0 Å². The Bertz CT molecular complexity index is 2950. The zero-order valence-corrected chi connectivity index (χ0v) is 91.6. The lowest BCUT2D eigenvalue weighted by molar-refractivity contribution is -0.171. The van der Waals surface area contributed by atoms with Crippen LogP contribution in [0.3, 0.4) is 0 Å². The molecule has 0 saturated carbocycles. The first-order valence-electron chi connectivity index (χ1n) is 54.5. The number of hydrogen-bond donors (Lipinski definition) is 2. The molecule has 0 aromatic rings. The minimum atomic E-state index is -1.10. The van der Waals surface area contributed by atoms with Crippen molar-refractivity contribution in [1.82, 2.24) is 0 Å². The fourth-order valence-electron chi connectivity index (χ4n) is 12.5. The summed E-state index contributed by atoms with van der Waals surface area (Å²) in [4.78, 5) is 0. The molecule has 20 saturated heterocycles. The summed E-state index contributed by atoms with van der Waals surface area (Å²) < 4.78 is 227. The molecule has 0 spiro atoms. The molecule has 0 bridgehead atoms. The van der Waals surface area contributed by atoms with Crippen molar-refractivity contribution >= 4 is 31.9 Å². The summed E-state index contributed by atoms with van der Waals surface area (Å²) in [6.45, 7) is 49.7. The summed E-state index contributed by atoms with van der Waals surface area (Å²) in [5, 5.41) is 23.2. The van der Waals surface area contributed by atoms with Crippen molar-refractivity contribution in [1.29, 1.82) is 0 Å². The van der Waals surface area contributed by atoms with Crippen LogP contribution in [-0.4, -0.2) is 590 Å². The molecule has 2 N–H and O–H groups in total. The summed E-state index contributed by atoms with van der Waals surface area (Å²) in [6, 6.07) is 0. The lowest BCUT2D eigenvalue weighted by atomic mass is 9.96. The molecule has 0 aromatic carbocycles. The molecule has 20 fully saturated rings. The Morgan fingerprint density at radius 2 is 0.376 bits per heavy atom. The van der Waals surface area contributed by atoms with Crippen LogP contribution in [0.25, 0.3) is 0 Å². The van der Waals surface area contributed by atoms with Crippen molar-refractivity contribution in [3.8, 4) is 0 Å². The van der Waals surface area contributed by atoms with E-state index in [-0.39, 0.29) is 48.5 Å². The third kappa shape index (κ3) is 79.0. The van der Waals surface area contributed by atoms with E-state index in [0.29, 0.717) is 269 Å². The van der Waals surface area contributed by atoms with Crippen molar-refractivity contribution < 1.29 is 214 Å². The summed E-state index contributed by atoms with van der Waals surface area (Å²) >= 11 is 7.09. The number of ether oxygens (including phenoxy) is 43. The molecule has 20 heterocycles. The van der Waals surface area contributed by atoms with E-state index in [2.05, 4.69) is 45.7 Å². The molecule has 20 rings (SSSR count). The minimum absolute atomic E-state index is 0.00480. The molecular formula is C102H180Br2O45. The first-order chi connectivity index (χ1) is 73.3. The van der Waals surface area contributed by atoms with E-state index in [1.165, 1.54) is 12.8 Å². The maximum atomic E-state index is 10.9. The quantitative estimate of drug-likeness (QED) is 0.0502. The smallest absolute Gasteiger partial charge is 0.114 e. The molecule has 0 aromatic heterocycles. The highest BCUT2D eigenvalue weighted by molar-refractivity contribution is 9.09. The van der Waals surface area contributed by atoms with Crippen LogP contribution >= 0.6 is 31.9 Å². The van der Waals surface area contributed by atoms with Gasteiger partial charge in [-0.05, 0) is 38.5 Å². The van der Waals surface area contributed by atoms with E-state index in [1.807, 2.05) is 0 Å². The third-order valence-corrected chi connectivity index (χ3v) is 26.0. The maximum absolute atomic E-state index is 10.9. The van der Waals surface area contributed by atoms with Crippen LogP contribution in [0, 0.1) is 10.8 Å². The first-order valence-corrected chi connectivity index (χ1v) is 56.7. The number of aliphatic hydroxyl groups is 2. The summed E-state index contributed by atoms with van der Waals surface area (Å²) in [7, 11) is 0. The molecule has 149 heavy (non-hydrogen) atoms. The Morgan fingerprint density at radius 3 is 0.611 bits per heavy atom. The van der Waals surface area contributed by atoms with Crippen LogP contribution in [0.4, 0.5) is 0 Å². The predicted octanol–water partition coefficient (Wildman–Crippen LogP) is 2.62. The monoisotopic (exact) mass is 2280 g/mol. The normalized spacial score (nSPS) is 29.4. The van der Waals surface area contributed by atoms with Gasteiger partial charge in [0, 0.05) is 87.6 Å². The summed E-state index contributed by atoms with van der Waals surface area (Å²) in [5.41, 5.74) is 0.0631. The van der Waals surface area contributed by atoms with Crippen molar-refractivity contribution in [2.45, 2.75) is 212 Å². The molecule has 872 valence electrons. The lowest BCUT2D eigenvalue weighted by Gasteiger charge is -2.32. The van der Waals surface area contributed by atoms with Crippen molar-refractivity contribution in [3.63, 3.8) is 0 Å². The van der Waals surface area contributed by atoms with Gasteiger partial charge in [0.25, 0.3) is 0 Å². The SMILES string of the molecule is BrCC(CBr)(COCC1CO1)COCC1CO1.C(CCCOCC1CO1)CCOCC1CO1.C(COCC1CO1)COCC1CO1.C(COCC1CO1)OCC1CO1.C(COCC1CO1)OCC1CO1.C(COCC1CO1)OCCOCC1CO1.C(COCCCOCC1CO1)COCCCOCC1CO1.CC(C)(COCC1CO1)COCC1CO1.OC(COCC1CO1)C(OCC1CO1)C(O)C(COCC1CO1)OCC1CO1. The second-order valence-corrected chi connectivity index (χ2v) is 41.6. The van der Waals surface area contributed by atoms with E-state index in [1.54, 1.807) is 0 Å². The van der Waals surface area contributed by atoms with Gasteiger partial charge in [-0.15, -0.1) is 0 Å². The molecule has 47 heteroatoms. The van der Waals surface area contributed by atoms with Gasteiger partial charge >= 0.3 is 0 Å². The van der Waals surface area contributed by atoms with Crippen LogP contribution in [0.5, 0.6) is 0 Å². The Labute approximate surface area is 897 Å². The first kappa shape index (κ1) is 127. The molecule has 20 aliphatic heterocycles. The highest BCUT2D eigenvalue weighted by atomic mass is 79.9. The fraction of sp³-hybridized carbons (Fsp3) is 1.00. The van der Waals surface area contributed by atoms with Gasteiger partial charge in [0.15, 0.2) is 0 Å². The van der Waals surface area contributed by atoms with E-state index in [0.717, 1.165) is 287 Å². The second-order valence-electron chi connectivity index (χ2n) is 40.5. The molecule has 45 nitrogen and oxygen atoms in total. The lowest BCUT2D eigenvalue weighted by Crippen LogP contribution is -2.51. The van der Waals surface area contributed by atoms with E-state index < -0.39 is 24.4 Å². The number of rotatable bonds is 94. The Balaban J connectivity index is 0.000000151. The van der Waals surface area contributed by atoms with Gasteiger partial charge in [-0.1, -0.05) is 58.5 Å². The number of aliphatic hydroxyl groups excluding tert-OH is 2. The number of hydrogen-bond acceptors (Lipinski definition) is 45. The molecule has 20 aliphatic rings. The van der Waals surface area contributed by atoms with E-state index >= 15 is 0 Å². The highest BCUT2D eigenvalue weighted by Crippen LogP contribution is 2.29. The standard InChI is InChI=1S/C18H30O10.C15H28O6.C12H22O4.C11H18Br2O4.C11H20O4.C10H18O5.C9H16O4.2C8H14O4/c19-15(9-21-1-11-3-23-11)18(28-8-14-6-26-14)17(20)16(27-7-13-5-25-13)10-22-2-12-4-24-12;1(4-16-6-2-8-18-10-14-12-20-14)5-17-7-3-9-19-11-15-13-21-15;1(3-5-13-7-11-9-15-11)2-4-6-14-8-12-10-16-12;12-5-11(6-13,7-14-1-9-3-16-9)8-15-2-10-4-17-10;1-11(2,7-12-3-9-5-14-9)8-13-4-10-6-15-10;1(3-12-5-9-7-14-9)11-2-4-13-6-10-8-15-10;1(2-10-4-8-6-12-8)3-11-5-9-7-13-9;2*1(9-3-7-5-11-7)2-10-4-8-6-12-8/h11-20H,1-10H2;14-15H,1-13H2;11-12H,1-10H2;9-10H,1-8H2;9-10H,3-8H2,1-2H3;9-10H,1-8H2;8-9H,1-7H2;2*7-8H,1-6H2. The zero-order chi connectivity index (χ0) is 104. The van der Waals surface area contributed by atoms with Gasteiger partial charge in [0.1, 0.15) is 146 Å². The zero-order valence-electron chi connectivity index (χ0n) is 88.4. The van der Waals surface area contributed by atoms with Crippen LogP contribution < -0.4 is 0 Å². The van der Waals surface area contributed by atoms with Gasteiger partial charge < -0.3 is 214 Å². The van der Waals surface area contributed by atoms with Gasteiger partial charge in [-0.2, -0.15) is 0 Å². The topological polar surface area (TPSA) is 503 Å². The molecule has 24 unspecified atom stereocenters. The fourth-order valence-corrected chi connectivity index (χ4v) is 14.1. The number of epoxide rings is 20. The highest BCUT2D eigenvalue weighted by Gasteiger charge is 2.41. The van der Waals surface area contributed by atoms with Gasteiger partial charge in [-0.25, -0.2) is 0 Å². The summed E-state index contributed by atoms with van der Waals surface area (Å²) in [6.07, 6.45) is 10.8. The van der Waals surface area contributed by atoms with E-state index in [4.69, 9.17) is 204 Å². The molecular weight excluding hydrogens is 2100 g/mol. The van der Waals surface area contributed by atoms with Crippen LogP contribution in [-0.2, 0) is 204 Å². The van der Waals surface area contributed by atoms with E-state index in [9.17, 15) is 10.2 Å². The minimum Gasteiger partial charge on any atom is -0.388 e. The molecule has 0 amide bonds. The molecule has 24 atom stereocenters. The number of unbranched alkanes of at least 4 members (excludes halogenated alkanes) is 3.